The number of hydrogen-bond acceptors (Lipinski definition) is 5. The summed E-state index contributed by atoms with van der Waals surface area (Å²) in [5, 5.41) is 21.2. The van der Waals surface area contributed by atoms with Crippen molar-refractivity contribution in [3.63, 3.8) is 0 Å². The Morgan fingerprint density at radius 2 is 2.20 bits per heavy atom. The molecular formula is C14H15N5S. The van der Waals surface area contributed by atoms with E-state index >= 15 is 0 Å². The molecule has 0 spiro atoms. The Bertz CT molecular complexity index is 611. The third-order valence-electron chi connectivity index (χ3n) is 2.73. The zero-order valence-electron chi connectivity index (χ0n) is 11.2. The van der Waals surface area contributed by atoms with Gasteiger partial charge in [-0.25, -0.2) is 4.68 Å². The monoisotopic (exact) mass is 285 g/mol. The van der Waals surface area contributed by atoms with E-state index in [-0.39, 0.29) is 5.25 Å². The van der Waals surface area contributed by atoms with Gasteiger partial charge >= 0.3 is 0 Å². The smallest absolute Gasteiger partial charge is 0.210 e. The molecular weight excluding hydrogens is 270 g/mol. The first-order valence-electron chi connectivity index (χ1n) is 6.22. The number of nitrogens with zero attached hydrogens (tertiary/aromatic N) is 5. The molecule has 1 atom stereocenters. The first-order chi connectivity index (χ1) is 9.72. The van der Waals surface area contributed by atoms with Gasteiger partial charge in [-0.2, -0.15) is 5.26 Å². The van der Waals surface area contributed by atoms with E-state index in [1.54, 1.807) is 10.8 Å². The van der Waals surface area contributed by atoms with E-state index < -0.39 is 0 Å². The second kappa shape index (κ2) is 6.87. The summed E-state index contributed by atoms with van der Waals surface area (Å²) in [5.74, 6) is 0. The summed E-state index contributed by atoms with van der Waals surface area (Å²) in [7, 11) is 0. The van der Waals surface area contributed by atoms with Gasteiger partial charge in [-0.3, -0.25) is 0 Å². The van der Waals surface area contributed by atoms with Crippen LogP contribution in [0.4, 0.5) is 0 Å². The normalized spacial score (nSPS) is 11.8. The van der Waals surface area contributed by atoms with Gasteiger partial charge in [0.15, 0.2) is 0 Å². The molecule has 1 aromatic carbocycles. The van der Waals surface area contributed by atoms with Gasteiger partial charge in [0, 0.05) is 0 Å². The zero-order chi connectivity index (χ0) is 14.4. The molecule has 0 saturated carbocycles. The fraction of sp³-hybridized carbons (Fsp3) is 0.286. The van der Waals surface area contributed by atoms with E-state index in [2.05, 4.69) is 40.3 Å². The van der Waals surface area contributed by atoms with Crippen molar-refractivity contribution in [2.24, 2.45) is 0 Å². The molecule has 0 aliphatic rings. The number of hydrogen-bond donors (Lipinski definition) is 0. The predicted molar refractivity (Wildman–Crippen MR) is 78.2 cm³/mol. The largest absolute Gasteiger partial charge is 0.217 e. The molecule has 0 unspecified atom stereocenters. The van der Waals surface area contributed by atoms with Crippen molar-refractivity contribution in [1.29, 1.82) is 5.26 Å². The molecule has 2 rings (SSSR count). The molecule has 6 heteroatoms. The lowest BCUT2D eigenvalue weighted by Gasteiger charge is -2.08. The molecule has 0 bridgehead atoms. The molecule has 1 heterocycles. The lowest BCUT2D eigenvalue weighted by atomic mass is 10.1. The summed E-state index contributed by atoms with van der Waals surface area (Å²) in [4.78, 5) is 0. The van der Waals surface area contributed by atoms with E-state index in [4.69, 9.17) is 0 Å². The van der Waals surface area contributed by atoms with Crippen LogP contribution in [0.15, 0.2) is 42.1 Å². The van der Waals surface area contributed by atoms with Crippen molar-refractivity contribution < 1.29 is 0 Å². The lowest BCUT2D eigenvalue weighted by Crippen LogP contribution is -2.07. The molecule has 0 radical (unpaired) electrons. The number of thioether (sulfide) groups is 1. The Kier molecular flexibility index (Phi) is 4.91. The zero-order valence-corrected chi connectivity index (χ0v) is 12.0. The highest BCUT2D eigenvalue weighted by atomic mass is 32.2. The SMILES string of the molecule is C=CCn1nnnc1S[C@H](C#N)Cc1ccc(C)cc1. The van der Waals surface area contributed by atoms with Crippen LogP contribution in [-0.2, 0) is 13.0 Å². The van der Waals surface area contributed by atoms with Crippen molar-refractivity contribution in [3.05, 3.63) is 48.0 Å². The first kappa shape index (κ1) is 14.3. The Labute approximate surface area is 122 Å². The maximum Gasteiger partial charge on any atom is 0.210 e. The summed E-state index contributed by atoms with van der Waals surface area (Å²) in [6, 6.07) is 10.5. The second-order valence-corrected chi connectivity index (χ2v) is 5.53. The summed E-state index contributed by atoms with van der Waals surface area (Å²) in [5.41, 5.74) is 2.35. The maximum absolute atomic E-state index is 9.29. The van der Waals surface area contributed by atoms with Gasteiger partial charge in [-0.1, -0.05) is 47.7 Å². The number of allylic oxidation sites excluding steroid dienone is 1. The van der Waals surface area contributed by atoms with Crippen molar-refractivity contribution in [2.45, 2.75) is 30.3 Å². The summed E-state index contributed by atoms with van der Waals surface area (Å²) in [6.45, 7) is 6.25. The number of aromatic nitrogens is 4. The Balaban J connectivity index is 2.05. The minimum atomic E-state index is -0.215. The fourth-order valence-electron chi connectivity index (χ4n) is 1.70. The topological polar surface area (TPSA) is 67.4 Å². The Hall–Kier alpha value is -2.13. The minimum absolute atomic E-state index is 0.215. The van der Waals surface area contributed by atoms with E-state index in [1.165, 1.54) is 17.3 Å². The molecule has 20 heavy (non-hydrogen) atoms. The number of rotatable bonds is 6. The number of tetrazole rings is 1. The number of benzene rings is 1. The van der Waals surface area contributed by atoms with Crippen LogP contribution >= 0.6 is 11.8 Å². The molecule has 1 aromatic heterocycles. The third-order valence-corrected chi connectivity index (χ3v) is 3.79. The lowest BCUT2D eigenvalue weighted by molar-refractivity contribution is 0.614. The van der Waals surface area contributed by atoms with Gasteiger partial charge in [-0.15, -0.1) is 11.7 Å². The molecule has 0 saturated heterocycles. The highest BCUT2D eigenvalue weighted by molar-refractivity contribution is 8.00. The van der Waals surface area contributed by atoms with Gasteiger partial charge in [-0.05, 0) is 29.3 Å². The molecule has 102 valence electrons. The average Bonchev–Trinajstić information content (AvgIpc) is 2.88. The maximum atomic E-state index is 9.29. The van der Waals surface area contributed by atoms with E-state index in [0.29, 0.717) is 18.1 Å². The van der Waals surface area contributed by atoms with E-state index in [0.717, 1.165) is 5.56 Å². The van der Waals surface area contributed by atoms with Crippen LogP contribution in [0.2, 0.25) is 0 Å². The molecule has 0 N–H and O–H groups in total. The molecule has 5 nitrogen and oxygen atoms in total. The number of nitriles is 1. The van der Waals surface area contributed by atoms with Gasteiger partial charge in [0.25, 0.3) is 0 Å². The molecule has 0 fully saturated rings. The van der Waals surface area contributed by atoms with Crippen LogP contribution in [0.3, 0.4) is 0 Å². The Morgan fingerprint density at radius 3 is 2.85 bits per heavy atom. The van der Waals surface area contributed by atoms with Gasteiger partial charge < -0.3 is 0 Å². The van der Waals surface area contributed by atoms with Crippen LogP contribution in [0.25, 0.3) is 0 Å². The van der Waals surface area contributed by atoms with Crippen molar-refractivity contribution >= 4 is 11.8 Å². The second-order valence-electron chi connectivity index (χ2n) is 4.36. The molecule has 2 aromatic rings. The summed E-state index contributed by atoms with van der Waals surface area (Å²) in [6.07, 6.45) is 2.39. The third kappa shape index (κ3) is 3.68. The van der Waals surface area contributed by atoms with Crippen LogP contribution in [-0.4, -0.2) is 25.5 Å². The van der Waals surface area contributed by atoms with Gasteiger partial charge in [0.1, 0.15) is 5.25 Å². The van der Waals surface area contributed by atoms with Crippen molar-refractivity contribution in [1.82, 2.24) is 20.2 Å². The molecule has 0 amide bonds. The van der Waals surface area contributed by atoms with E-state index in [1.807, 2.05) is 19.1 Å². The summed E-state index contributed by atoms with van der Waals surface area (Å²) < 4.78 is 1.64. The van der Waals surface area contributed by atoms with Crippen LogP contribution in [0.1, 0.15) is 11.1 Å². The van der Waals surface area contributed by atoms with Gasteiger partial charge in [0.05, 0.1) is 12.6 Å². The highest BCUT2D eigenvalue weighted by Crippen LogP contribution is 2.23. The number of aryl methyl sites for hydroxylation is 1. The fourth-order valence-corrected chi connectivity index (χ4v) is 2.60. The van der Waals surface area contributed by atoms with E-state index in [9.17, 15) is 5.26 Å². The quantitative estimate of drug-likeness (QED) is 0.602. The summed E-state index contributed by atoms with van der Waals surface area (Å²) >= 11 is 1.38. The Morgan fingerprint density at radius 1 is 1.45 bits per heavy atom. The molecule has 0 aliphatic heterocycles. The highest BCUT2D eigenvalue weighted by Gasteiger charge is 2.15. The van der Waals surface area contributed by atoms with Crippen LogP contribution in [0, 0.1) is 18.3 Å². The van der Waals surface area contributed by atoms with Crippen molar-refractivity contribution in [3.8, 4) is 6.07 Å². The van der Waals surface area contributed by atoms with Gasteiger partial charge in [0.2, 0.25) is 5.16 Å². The van der Waals surface area contributed by atoms with Crippen molar-refractivity contribution in [2.75, 3.05) is 0 Å². The van der Waals surface area contributed by atoms with Crippen LogP contribution < -0.4 is 0 Å². The molecule has 0 aliphatic carbocycles. The minimum Gasteiger partial charge on any atom is -0.217 e. The van der Waals surface area contributed by atoms with Crippen LogP contribution in [0.5, 0.6) is 0 Å². The standard InChI is InChI=1S/C14H15N5S/c1-3-8-19-14(16-17-18-19)20-13(10-15)9-12-6-4-11(2)5-7-12/h3-7,13H,1,8-9H2,2H3/t13-/m0/s1. The first-order valence-corrected chi connectivity index (χ1v) is 7.09. The predicted octanol–water partition coefficient (Wildman–Crippen LogP) is 2.39. The average molecular weight is 285 g/mol.